The fraction of sp³-hybridized carbons (Fsp3) is 0. The van der Waals surface area contributed by atoms with E-state index in [-0.39, 0.29) is 5.56 Å². The molecule has 0 aliphatic heterocycles. The summed E-state index contributed by atoms with van der Waals surface area (Å²) in [7, 11) is 0. The number of hydrogen-bond acceptors (Lipinski definition) is 4. The van der Waals surface area contributed by atoms with E-state index in [0.29, 0.717) is 16.4 Å². The van der Waals surface area contributed by atoms with Crippen LogP contribution < -0.4 is 10.8 Å². The second-order valence-corrected chi connectivity index (χ2v) is 6.53. The third-order valence-electron chi connectivity index (χ3n) is 3.31. The number of halogens is 2. The molecule has 1 aromatic heterocycles. The Bertz CT molecular complexity index is 867. The van der Waals surface area contributed by atoms with Gasteiger partial charge in [-0.25, -0.2) is 10.2 Å². The third-order valence-corrected chi connectivity index (χ3v) is 4.33. The molecule has 1 heterocycles. The zero-order valence-corrected chi connectivity index (χ0v) is 15.1. The van der Waals surface area contributed by atoms with Crippen LogP contribution >= 0.6 is 34.2 Å². The van der Waals surface area contributed by atoms with Crippen molar-refractivity contribution in [3.63, 3.8) is 0 Å². The molecule has 1 amide bonds. The highest BCUT2D eigenvalue weighted by Gasteiger charge is 2.16. The van der Waals surface area contributed by atoms with Gasteiger partial charge < -0.3 is 5.32 Å². The molecule has 3 N–H and O–H groups in total. The average molecular weight is 455 g/mol. The largest absolute Gasteiger partial charge is 0.355 e. The van der Waals surface area contributed by atoms with Gasteiger partial charge in [0.1, 0.15) is 0 Å². The number of carbonyl (C=O) groups excluding carboxylic acids is 1. The van der Waals surface area contributed by atoms with Crippen LogP contribution in [0.15, 0.2) is 54.9 Å². The van der Waals surface area contributed by atoms with Crippen molar-refractivity contribution in [1.29, 1.82) is 0 Å². The van der Waals surface area contributed by atoms with E-state index >= 15 is 0 Å². The molecule has 0 unspecified atom stereocenters. The fourth-order valence-corrected chi connectivity index (χ4v) is 2.80. The van der Waals surface area contributed by atoms with E-state index in [4.69, 9.17) is 16.8 Å². The van der Waals surface area contributed by atoms with E-state index in [0.717, 1.165) is 9.26 Å². The van der Waals surface area contributed by atoms with Crippen LogP contribution in [-0.2, 0) is 0 Å². The number of hydroxylamine groups is 1. The molecule has 0 bridgehead atoms. The summed E-state index contributed by atoms with van der Waals surface area (Å²) in [4.78, 5) is 11.9. The molecule has 122 valence electrons. The zero-order chi connectivity index (χ0) is 17.1. The maximum absolute atomic E-state index is 11.9. The highest BCUT2D eigenvalue weighted by molar-refractivity contribution is 14.1. The lowest BCUT2D eigenvalue weighted by atomic mass is 10.1. The van der Waals surface area contributed by atoms with Crippen LogP contribution in [0.3, 0.4) is 0 Å². The quantitative estimate of drug-likeness (QED) is 0.316. The molecule has 3 aromatic rings. The van der Waals surface area contributed by atoms with Crippen molar-refractivity contribution in [2.45, 2.75) is 0 Å². The number of carbonyl (C=O) groups is 1. The first-order valence-electron chi connectivity index (χ1n) is 6.89. The highest BCUT2D eigenvalue weighted by atomic mass is 127. The molecule has 2 aromatic carbocycles. The Morgan fingerprint density at radius 1 is 1.25 bits per heavy atom. The summed E-state index contributed by atoms with van der Waals surface area (Å²) in [6.45, 7) is 0. The van der Waals surface area contributed by atoms with Crippen LogP contribution in [-0.4, -0.2) is 20.9 Å². The number of aromatic nitrogens is 2. The number of nitrogens with zero attached hydrogens (tertiary/aromatic N) is 2. The minimum Gasteiger partial charge on any atom is -0.355 e. The van der Waals surface area contributed by atoms with Gasteiger partial charge in [-0.1, -0.05) is 11.6 Å². The van der Waals surface area contributed by atoms with E-state index in [1.54, 1.807) is 34.7 Å². The lowest BCUT2D eigenvalue weighted by molar-refractivity contribution is 0.0707. The van der Waals surface area contributed by atoms with E-state index in [1.165, 1.54) is 6.07 Å². The van der Waals surface area contributed by atoms with Crippen LogP contribution in [0.25, 0.3) is 5.69 Å². The number of benzene rings is 2. The van der Waals surface area contributed by atoms with Crippen LogP contribution in [0.4, 0.5) is 11.4 Å². The van der Waals surface area contributed by atoms with Gasteiger partial charge in [0.15, 0.2) is 0 Å². The fourth-order valence-electron chi connectivity index (χ4n) is 2.19. The van der Waals surface area contributed by atoms with Crippen LogP contribution in [0.5, 0.6) is 0 Å². The molecule has 0 fully saturated rings. The first kappa shape index (κ1) is 16.7. The smallest absolute Gasteiger partial charge is 0.276 e. The molecule has 0 aliphatic rings. The minimum atomic E-state index is -0.656. The number of anilines is 2. The van der Waals surface area contributed by atoms with Gasteiger partial charge in [0, 0.05) is 21.7 Å². The number of nitrogens with one attached hydrogen (secondary N) is 2. The Labute approximate surface area is 156 Å². The first-order valence-corrected chi connectivity index (χ1v) is 8.35. The molecule has 0 saturated carbocycles. The van der Waals surface area contributed by atoms with Crippen molar-refractivity contribution in [3.8, 4) is 5.69 Å². The molecular weight excluding hydrogens is 443 g/mol. The predicted molar refractivity (Wildman–Crippen MR) is 100 cm³/mol. The first-order chi connectivity index (χ1) is 11.6. The SMILES string of the molecule is O=C(NO)c1cc(Cl)c(-n2cccn2)cc1Nc1ccc(I)cc1. The summed E-state index contributed by atoms with van der Waals surface area (Å²) in [5.74, 6) is -0.656. The normalized spacial score (nSPS) is 10.5. The van der Waals surface area contributed by atoms with Crippen molar-refractivity contribution < 1.29 is 10.0 Å². The summed E-state index contributed by atoms with van der Waals surface area (Å²) < 4.78 is 2.70. The van der Waals surface area contributed by atoms with Crippen LogP contribution in [0.2, 0.25) is 5.02 Å². The van der Waals surface area contributed by atoms with Gasteiger partial charge in [-0.05, 0) is 65.1 Å². The van der Waals surface area contributed by atoms with Crippen molar-refractivity contribution in [2.75, 3.05) is 5.32 Å². The second kappa shape index (κ2) is 7.20. The Morgan fingerprint density at radius 2 is 2.00 bits per heavy atom. The van der Waals surface area contributed by atoms with Crippen LogP contribution in [0, 0.1) is 3.57 Å². The van der Waals surface area contributed by atoms with Crippen molar-refractivity contribution in [3.05, 3.63) is 69.0 Å². The summed E-state index contributed by atoms with van der Waals surface area (Å²) >= 11 is 8.48. The Balaban J connectivity index is 2.08. The molecule has 24 heavy (non-hydrogen) atoms. The van der Waals surface area contributed by atoms with E-state index in [1.807, 2.05) is 24.3 Å². The van der Waals surface area contributed by atoms with Gasteiger partial charge >= 0.3 is 0 Å². The average Bonchev–Trinajstić information content (AvgIpc) is 3.11. The molecule has 3 rings (SSSR count). The molecule has 0 saturated heterocycles. The third kappa shape index (κ3) is 3.53. The lowest BCUT2D eigenvalue weighted by Crippen LogP contribution is -2.20. The van der Waals surface area contributed by atoms with Crippen LogP contribution in [0.1, 0.15) is 10.4 Å². The maximum Gasteiger partial charge on any atom is 0.276 e. The lowest BCUT2D eigenvalue weighted by Gasteiger charge is -2.14. The molecule has 0 radical (unpaired) electrons. The molecule has 8 heteroatoms. The van der Waals surface area contributed by atoms with Gasteiger partial charge in [0.25, 0.3) is 5.91 Å². The van der Waals surface area contributed by atoms with Gasteiger partial charge in [0.05, 0.1) is 22.0 Å². The summed E-state index contributed by atoms with van der Waals surface area (Å²) in [6, 6.07) is 12.6. The number of amides is 1. The highest BCUT2D eigenvalue weighted by Crippen LogP contribution is 2.30. The maximum atomic E-state index is 11.9. The van der Waals surface area contributed by atoms with E-state index in [2.05, 4.69) is 33.0 Å². The molecule has 0 atom stereocenters. The Kier molecular flexibility index (Phi) is 5.03. The standard InChI is InChI=1S/C16H12ClIN4O2/c17-13-8-12(16(23)21-24)14(9-15(13)22-7-1-6-19-22)20-11-4-2-10(18)3-5-11/h1-9,20,24H,(H,21,23). The number of rotatable bonds is 4. The molecular formula is C16H12ClIN4O2. The molecule has 0 aliphatic carbocycles. The number of hydrogen-bond donors (Lipinski definition) is 3. The van der Waals surface area contributed by atoms with Crippen molar-refractivity contribution >= 4 is 51.5 Å². The monoisotopic (exact) mass is 454 g/mol. The molecule has 6 nitrogen and oxygen atoms in total. The Morgan fingerprint density at radius 3 is 2.62 bits per heavy atom. The summed E-state index contributed by atoms with van der Waals surface area (Å²) in [5.41, 5.74) is 3.77. The molecule has 0 spiro atoms. The minimum absolute atomic E-state index is 0.219. The summed E-state index contributed by atoms with van der Waals surface area (Å²) in [5, 5.41) is 16.6. The topological polar surface area (TPSA) is 79.2 Å². The predicted octanol–water partition coefficient (Wildman–Crippen LogP) is 3.99. The van der Waals surface area contributed by atoms with Crippen molar-refractivity contribution in [1.82, 2.24) is 15.3 Å². The van der Waals surface area contributed by atoms with Gasteiger partial charge in [-0.3, -0.25) is 10.0 Å². The second-order valence-electron chi connectivity index (χ2n) is 4.87. The summed E-state index contributed by atoms with van der Waals surface area (Å²) in [6.07, 6.45) is 3.39. The van der Waals surface area contributed by atoms with Crippen molar-refractivity contribution in [2.24, 2.45) is 0 Å². The zero-order valence-electron chi connectivity index (χ0n) is 12.2. The van der Waals surface area contributed by atoms with Gasteiger partial charge in [-0.2, -0.15) is 5.10 Å². The Hall–Kier alpha value is -2.10. The van der Waals surface area contributed by atoms with E-state index < -0.39 is 5.91 Å². The van der Waals surface area contributed by atoms with E-state index in [9.17, 15) is 4.79 Å². The van der Waals surface area contributed by atoms with Gasteiger partial charge in [-0.15, -0.1) is 0 Å². The van der Waals surface area contributed by atoms with Gasteiger partial charge in [0.2, 0.25) is 0 Å².